The summed E-state index contributed by atoms with van der Waals surface area (Å²) in [5, 5.41) is 1.27. The Labute approximate surface area is 89.1 Å². The SMILES string of the molecule is O=S(=O)(F)C#Cc1ccc(C(F)(F)F)cc1. The summed E-state index contributed by atoms with van der Waals surface area (Å²) < 4.78 is 68.3. The van der Waals surface area contributed by atoms with E-state index in [1.165, 1.54) is 5.25 Å². The molecular weight excluding hydrogens is 248 g/mol. The van der Waals surface area contributed by atoms with Crippen molar-refractivity contribution in [2.75, 3.05) is 0 Å². The number of benzene rings is 1. The molecule has 2 nitrogen and oxygen atoms in total. The van der Waals surface area contributed by atoms with E-state index >= 15 is 0 Å². The van der Waals surface area contributed by atoms with Crippen LogP contribution in [0.3, 0.4) is 0 Å². The minimum Gasteiger partial charge on any atom is -0.180 e. The van der Waals surface area contributed by atoms with E-state index in [-0.39, 0.29) is 5.56 Å². The molecule has 0 fully saturated rings. The summed E-state index contributed by atoms with van der Waals surface area (Å²) in [7, 11) is -4.94. The zero-order chi connectivity index (χ0) is 12.4. The molecule has 0 aliphatic carbocycles. The molecule has 0 aliphatic rings. The number of hydrogen-bond acceptors (Lipinski definition) is 2. The molecule has 0 N–H and O–H groups in total. The Morgan fingerprint density at radius 2 is 1.56 bits per heavy atom. The van der Waals surface area contributed by atoms with Crippen LogP contribution in [0.15, 0.2) is 24.3 Å². The number of hydrogen-bond donors (Lipinski definition) is 0. The van der Waals surface area contributed by atoms with E-state index in [2.05, 4.69) is 0 Å². The maximum absolute atomic E-state index is 12.1. The Morgan fingerprint density at radius 3 is 1.94 bits per heavy atom. The predicted octanol–water partition coefficient (Wildman–Crippen LogP) is 2.31. The zero-order valence-corrected chi connectivity index (χ0v) is 8.36. The Kier molecular flexibility index (Phi) is 3.24. The second-order valence-corrected chi connectivity index (χ2v) is 3.82. The molecule has 86 valence electrons. The lowest BCUT2D eigenvalue weighted by molar-refractivity contribution is -0.137. The molecule has 0 unspecified atom stereocenters. The number of halogens is 4. The van der Waals surface area contributed by atoms with Crippen LogP contribution in [-0.2, 0) is 16.4 Å². The van der Waals surface area contributed by atoms with Crippen LogP contribution < -0.4 is 0 Å². The molecule has 0 aromatic heterocycles. The normalized spacial score (nSPS) is 11.8. The highest BCUT2D eigenvalue weighted by atomic mass is 32.3. The van der Waals surface area contributed by atoms with Crippen LogP contribution in [0.1, 0.15) is 11.1 Å². The van der Waals surface area contributed by atoms with Gasteiger partial charge in [-0.3, -0.25) is 0 Å². The Balaban J connectivity index is 3.00. The lowest BCUT2D eigenvalue weighted by Crippen LogP contribution is -2.04. The number of rotatable bonds is 0. The summed E-state index contributed by atoms with van der Waals surface area (Å²) in [5.74, 6) is 1.88. The Morgan fingerprint density at radius 1 is 1.06 bits per heavy atom. The smallest absolute Gasteiger partial charge is 0.180 e. The summed E-state index contributed by atoms with van der Waals surface area (Å²) in [6, 6.07) is 3.38. The summed E-state index contributed by atoms with van der Waals surface area (Å²) >= 11 is 0. The summed E-state index contributed by atoms with van der Waals surface area (Å²) in [6.07, 6.45) is -4.47. The van der Waals surface area contributed by atoms with E-state index in [1.807, 2.05) is 5.92 Å². The van der Waals surface area contributed by atoms with Crippen LogP contribution in [0, 0.1) is 11.2 Å². The fourth-order valence-electron chi connectivity index (χ4n) is 0.862. The fraction of sp³-hybridized carbons (Fsp3) is 0.111. The maximum atomic E-state index is 12.1. The van der Waals surface area contributed by atoms with Crippen molar-refractivity contribution in [3.05, 3.63) is 35.4 Å². The quantitative estimate of drug-likeness (QED) is 0.403. The molecule has 0 saturated heterocycles. The average Bonchev–Trinajstić information content (AvgIpc) is 2.13. The Bertz CT molecular complexity index is 532. The van der Waals surface area contributed by atoms with Gasteiger partial charge in [0.1, 0.15) is 0 Å². The largest absolute Gasteiger partial charge is 0.416 e. The lowest BCUT2D eigenvalue weighted by atomic mass is 10.1. The zero-order valence-electron chi connectivity index (χ0n) is 7.55. The van der Waals surface area contributed by atoms with Crippen molar-refractivity contribution >= 4 is 10.2 Å². The molecule has 0 heterocycles. The first kappa shape index (κ1) is 12.5. The lowest BCUT2D eigenvalue weighted by Gasteiger charge is -2.05. The molecule has 0 bridgehead atoms. The molecule has 1 aromatic rings. The average molecular weight is 252 g/mol. The minimum absolute atomic E-state index is 0.0192. The van der Waals surface area contributed by atoms with Crippen molar-refractivity contribution in [1.29, 1.82) is 0 Å². The third-order valence-electron chi connectivity index (χ3n) is 1.53. The van der Waals surface area contributed by atoms with Crippen molar-refractivity contribution in [1.82, 2.24) is 0 Å². The highest BCUT2D eigenvalue weighted by Crippen LogP contribution is 2.28. The molecule has 0 saturated carbocycles. The highest BCUT2D eigenvalue weighted by molar-refractivity contribution is 7.91. The van der Waals surface area contributed by atoms with Gasteiger partial charge in [-0.2, -0.15) is 21.6 Å². The van der Waals surface area contributed by atoms with Gasteiger partial charge in [-0.15, -0.1) is 0 Å². The molecular formula is C9H4F4O2S. The second-order valence-electron chi connectivity index (χ2n) is 2.74. The molecule has 0 radical (unpaired) electrons. The van der Waals surface area contributed by atoms with E-state index in [9.17, 15) is 25.5 Å². The van der Waals surface area contributed by atoms with Gasteiger partial charge in [0, 0.05) is 5.56 Å². The van der Waals surface area contributed by atoms with Crippen LogP contribution in [0.4, 0.5) is 17.1 Å². The summed E-state index contributed by atoms with van der Waals surface area (Å²) in [6.45, 7) is 0. The molecule has 0 spiro atoms. The van der Waals surface area contributed by atoms with Gasteiger partial charge in [0.2, 0.25) is 0 Å². The monoisotopic (exact) mass is 252 g/mol. The minimum atomic E-state index is -4.94. The van der Waals surface area contributed by atoms with Crippen molar-refractivity contribution in [2.24, 2.45) is 0 Å². The third kappa shape index (κ3) is 3.90. The van der Waals surface area contributed by atoms with Crippen LogP contribution in [0.5, 0.6) is 0 Å². The van der Waals surface area contributed by atoms with Gasteiger partial charge in [0.25, 0.3) is 0 Å². The molecule has 0 aliphatic heterocycles. The second kappa shape index (κ2) is 4.14. The maximum Gasteiger partial charge on any atom is 0.416 e. The fourth-order valence-corrected chi connectivity index (χ4v) is 1.10. The molecule has 0 amide bonds. The Hall–Kier alpha value is -1.55. The van der Waals surface area contributed by atoms with Crippen LogP contribution in [0.2, 0.25) is 0 Å². The van der Waals surface area contributed by atoms with Gasteiger partial charge in [0.05, 0.1) is 10.8 Å². The van der Waals surface area contributed by atoms with Gasteiger partial charge in [-0.05, 0) is 30.2 Å². The molecule has 7 heteroatoms. The van der Waals surface area contributed by atoms with Crippen LogP contribution in [0.25, 0.3) is 0 Å². The molecule has 1 aromatic carbocycles. The van der Waals surface area contributed by atoms with E-state index < -0.39 is 22.0 Å². The third-order valence-corrected chi connectivity index (χ3v) is 1.88. The van der Waals surface area contributed by atoms with Crippen molar-refractivity contribution in [2.45, 2.75) is 6.18 Å². The first-order valence-electron chi connectivity index (χ1n) is 3.83. The predicted molar refractivity (Wildman–Crippen MR) is 48.3 cm³/mol. The van der Waals surface area contributed by atoms with Gasteiger partial charge < -0.3 is 0 Å². The van der Waals surface area contributed by atoms with E-state index in [1.54, 1.807) is 0 Å². The number of alkyl halides is 3. The summed E-state index contributed by atoms with van der Waals surface area (Å²) in [4.78, 5) is 0. The van der Waals surface area contributed by atoms with Gasteiger partial charge in [-0.1, -0.05) is 3.89 Å². The molecule has 16 heavy (non-hydrogen) atoms. The van der Waals surface area contributed by atoms with Gasteiger partial charge >= 0.3 is 16.4 Å². The first-order chi connectivity index (χ1) is 7.18. The standard InChI is InChI=1S/C9H4F4O2S/c10-9(11,12)8-3-1-7(2-4-8)5-6-16(13,14)15/h1-4H. The van der Waals surface area contributed by atoms with Gasteiger partial charge in [-0.25, -0.2) is 0 Å². The van der Waals surface area contributed by atoms with E-state index in [0.717, 1.165) is 24.3 Å². The molecule has 1 rings (SSSR count). The van der Waals surface area contributed by atoms with Crippen molar-refractivity contribution < 1.29 is 25.5 Å². The van der Waals surface area contributed by atoms with Crippen LogP contribution >= 0.6 is 0 Å². The topological polar surface area (TPSA) is 34.1 Å². The van der Waals surface area contributed by atoms with Crippen molar-refractivity contribution in [3.63, 3.8) is 0 Å². The highest BCUT2D eigenvalue weighted by Gasteiger charge is 2.29. The van der Waals surface area contributed by atoms with E-state index in [0.29, 0.717) is 0 Å². The summed E-state index contributed by atoms with van der Waals surface area (Å²) in [5.41, 5.74) is -0.907. The van der Waals surface area contributed by atoms with Crippen LogP contribution in [-0.4, -0.2) is 8.42 Å². The van der Waals surface area contributed by atoms with Gasteiger partial charge in [0.15, 0.2) is 0 Å². The first-order valence-corrected chi connectivity index (χ1v) is 5.21. The molecule has 0 atom stereocenters. The van der Waals surface area contributed by atoms with E-state index in [4.69, 9.17) is 0 Å². The van der Waals surface area contributed by atoms with Crippen molar-refractivity contribution in [3.8, 4) is 11.2 Å².